The van der Waals surface area contributed by atoms with E-state index < -0.39 is 0 Å². The highest BCUT2D eigenvalue weighted by atomic mass is 79.9. The van der Waals surface area contributed by atoms with Crippen molar-refractivity contribution in [3.63, 3.8) is 0 Å². The highest BCUT2D eigenvalue weighted by Crippen LogP contribution is 2.36. The van der Waals surface area contributed by atoms with E-state index in [0.717, 1.165) is 20.7 Å². The van der Waals surface area contributed by atoms with Crippen LogP contribution in [-0.4, -0.2) is 18.4 Å². The number of thiocarbonyl (C=S) groups is 1. The number of benzene rings is 2. The molecule has 110 valence electrons. The summed E-state index contributed by atoms with van der Waals surface area (Å²) in [5.41, 5.74) is 6.59. The molecule has 0 unspecified atom stereocenters. The van der Waals surface area contributed by atoms with E-state index in [2.05, 4.69) is 15.9 Å². The molecule has 2 aromatic carbocycles. The monoisotopic (exact) mass is 383 g/mol. The fourth-order valence-electron chi connectivity index (χ4n) is 1.82. The molecule has 0 amide bonds. The Morgan fingerprint density at radius 1 is 1.24 bits per heavy atom. The van der Waals surface area contributed by atoms with Crippen LogP contribution in [0, 0.1) is 0 Å². The maximum atomic E-state index is 5.96. The third-order valence-corrected chi connectivity index (χ3v) is 4.42. The summed E-state index contributed by atoms with van der Waals surface area (Å²) in [6.45, 7) is 0. The first-order valence-corrected chi connectivity index (χ1v) is 8.47. The van der Waals surface area contributed by atoms with E-state index in [1.165, 1.54) is 0 Å². The Kier molecular flexibility index (Phi) is 5.50. The SMILES string of the molecule is COc1ccc(Oc2cccc(SC)c2C(N)=S)c(Br)c1. The molecule has 0 saturated carbocycles. The topological polar surface area (TPSA) is 44.5 Å². The summed E-state index contributed by atoms with van der Waals surface area (Å²) in [7, 11) is 1.62. The predicted molar refractivity (Wildman–Crippen MR) is 94.9 cm³/mol. The van der Waals surface area contributed by atoms with Crippen LogP contribution in [0.25, 0.3) is 0 Å². The fraction of sp³-hybridized carbons (Fsp3) is 0.133. The summed E-state index contributed by atoms with van der Waals surface area (Å²) in [6, 6.07) is 11.2. The summed E-state index contributed by atoms with van der Waals surface area (Å²) in [5, 5.41) is 0. The molecule has 0 aromatic heterocycles. The molecule has 21 heavy (non-hydrogen) atoms. The van der Waals surface area contributed by atoms with E-state index in [0.29, 0.717) is 16.5 Å². The second-order valence-electron chi connectivity index (χ2n) is 4.10. The Morgan fingerprint density at radius 3 is 2.57 bits per heavy atom. The van der Waals surface area contributed by atoms with Crippen LogP contribution in [0.1, 0.15) is 5.56 Å². The maximum Gasteiger partial charge on any atom is 0.141 e. The van der Waals surface area contributed by atoms with Crippen LogP contribution in [0.4, 0.5) is 0 Å². The zero-order chi connectivity index (χ0) is 15.4. The van der Waals surface area contributed by atoms with Gasteiger partial charge in [0.25, 0.3) is 0 Å². The number of halogens is 1. The largest absolute Gasteiger partial charge is 0.497 e. The quantitative estimate of drug-likeness (QED) is 0.603. The summed E-state index contributed by atoms with van der Waals surface area (Å²) >= 11 is 10.2. The minimum absolute atomic E-state index is 0.319. The van der Waals surface area contributed by atoms with E-state index in [-0.39, 0.29) is 0 Å². The lowest BCUT2D eigenvalue weighted by molar-refractivity contribution is 0.412. The van der Waals surface area contributed by atoms with Crippen LogP contribution < -0.4 is 15.2 Å². The van der Waals surface area contributed by atoms with Crippen molar-refractivity contribution in [2.45, 2.75) is 4.90 Å². The molecule has 0 aliphatic rings. The van der Waals surface area contributed by atoms with Gasteiger partial charge in [-0.25, -0.2) is 0 Å². The first-order valence-electron chi connectivity index (χ1n) is 6.05. The number of methoxy groups -OCH3 is 1. The van der Waals surface area contributed by atoms with Gasteiger partial charge in [-0.05, 0) is 52.5 Å². The molecule has 0 spiro atoms. The third-order valence-electron chi connectivity index (χ3n) is 2.81. The number of hydrogen-bond acceptors (Lipinski definition) is 4. The van der Waals surface area contributed by atoms with Crippen molar-refractivity contribution in [3.05, 3.63) is 46.4 Å². The first-order chi connectivity index (χ1) is 10.1. The van der Waals surface area contributed by atoms with E-state index >= 15 is 0 Å². The average molecular weight is 384 g/mol. The molecule has 0 radical (unpaired) electrons. The summed E-state index contributed by atoms with van der Waals surface area (Å²) < 4.78 is 11.9. The Labute approximate surface area is 141 Å². The highest BCUT2D eigenvalue weighted by molar-refractivity contribution is 9.10. The van der Waals surface area contributed by atoms with Crippen LogP contribution in [0.3, 0.4) is 0 Å². The molecule has 3 nitrogen and oxygen atoms in total. The molecular formula is C15H14BrNO2S2. The second kappa shape index (κ2) is 7.15. The molecule has 6 heteroatoms. The predicted octanol–water partition coefficient (Wildman–Crippen LogP) is 4.61. The van der Waals surface area contributed by atoms with Gasteiger partial charge in [0, 0.05) is 4.90 Å². The number of rotatable bonds is 5. The number of hydrogen-bond donors (Lipinski definition) is 1. The normalized spacial score (nSPS) is 10.2. The summed E-state index contributed by atoms with van der Waals surface area (Å²) in [6.07, 6.45) is 1.98. The van der Waals surface area contributed by atoms with Crippen molar-refractivity contribution in [1.82, 2.24) is 0 Å². The zero-order valence-corrected chi connectivity index (χ0v) is 14.8. The lowest BCUT2D eigenvalue weighted by Crippen LogP contribution is -2.12. The standard InChI is InChI=1S/C15H14BrNO2S2/c1-18-9-6-7-11(10(16)8-9)19-12-4-3-5-13(21-2)14(12)15(17)20/h3-8H,1-2H3,(H2,17,20). The molecule has 0 saturated heterocycles. The minimum atomic E-state index is 0.319. The number of thioether (sulfide) groups is 1. The average Bonchev–Trinajstić information content (AvgIpc) is 2.48. The van der Waals surface area contributed by atoms with Crippen molar-refractivity contribution >= 4 is 44.9 Å². The molecule has 2 rings (SSSR count). The molecule has 0 fully saturated rings. The number of ether oxygens (including phenoxy) is 2. The van der Waals surface area contributed by atoms with Crippen LogP contribution in [0.15, 0.2) is 45.8 Å². The molecule has 0 aliphatic carbocycles. The first kappa shape index (κ1) is 16.1. The zero-order valence-electron chi connectivity index (χ0n) is 11.6. The van der Waals surface area contributed by atoms with Crippen LogP contribution in [-0.2, 0) is 0 Å². The van der Waals surface area contributed by atoms with Gasteiger partial charge < -0.3 is 15.2 Å². The molecule has 0 atom stereocenters. The van der Waals surface area contributed by atoms with Gasteiger partial charge in [0.1, 0.15) is 22.2 Å². The Bertz CT molecular complexity index is 677. The van der Waals surface area contributed by atoms with Crippen molar-refractivity contribution in [2.24, 2.45) is 5.73 Å². The van der Waals surface area contributed by atoms with Crippen LogP contribution >= 0.6 is 39.9 Å². The van der Waals surface area contributed by atoms with E-state index in [1.807, 2.05) is 42.7 Å². The smallest absolute Gasteiger partial charge is 0.141 e. The van der Waals surface area contributed by atoms with Crippen LogP contribution in [0.2, 0.25) is 0 Å². The minimum Gasteiger partial charge on any atom is -0.497 e. The molecule has 0 heterocycles. The third kappa shape index (κ3) is 3.70. The van der Waals surface area contributed by atoms with Gasteiger partial charge in [0.05, 0.1) is 17.1 Å². The maximum absolute atomic E-state index is 5.96. The van der Waals surface area contributed by atoms with Crippen molar-refractivity contribution in [3.8, 4) is 17.2 Å². The van der Waals surface area contributed by atoms with Crippen LogP contribution in [0.5, 0.6) is 17.2 Å². The van der Waals surface area contributed by atoms with E-state index in [4.69, 9.17) is 27.4 Å². The van der Waals surface area contributed by atoms with Crippen molar-refractivity contribution < 1.29 is 9.47 Å². The Hall–Kier alpha value is -1.24. The second-order valence-corrected chi connectivity index (χ2v) is 6.24. The van der Waals surface area contributed by atoms with Gasteiger partial charge in [-0.15, -0.1) is 11.8 Å². The highest BCUT2D eigenvalue weighted by Gasteiger charge is 2.14. The van der Waals surface area contributed by atoms with Gasteiger partial charge >= 0.3 is 0 Å². The number of nitrogens with two attached hydrogens (primary N) is 1. The fourth-order valence-corrected chi connectivity index (χ4v) is 3.16. The molecular weight excluding hydrogens is 370 g/mol. The van der Waals surface area contributed by atoms with Gasteiger partial charge in [0.15, 0.2) is 0 Å². The Balaban J connectivity index is 2.42. The van der Waals surface area contributed by atoms with Gasteiger partial charge in [-0.1, -0.05) is 18.3 Å². The van der Waals surface area contributed by atoms with Gasteiger partial charge in [-0.2, -0.15) is 0 Å². The van der Waals surface area contributed by atoms with E-state index in [1.54, 1.807) is 18.9 Å². The van der Waals surface area contributed by atoms with Gasteiger partial charge in [-0.3, -0.25) is 0 Å². The lowest BCUT2D eigenvalue weighted by atomic mass is 10.2. The van der Waals surface area contributed by atoms with Crippen molar-refractivity contribution in [1.29, 1.82) is 0 Å². The molecule has 0 bridgehead atoms. The summed E-state index contributed by atoms with van der Waals surface area (Å²) in [5.74, 6) is 2.06. The van der Waals surface area contributed by atoms with Crippen molar-refractivity contribution in [2.75, 3.05) is 13.4 Å². The molecule has 2 aromatic rings. The Morgan fingerprint density at radius 2 is 2.00 bits per heavy atom. The lowest BCUT2D eigenvalue weighted by Gasteiger charge is -2.14. The van der Waals surface area contributed by atoms with Gasteiger partial charge in [0.2, 0.25) is 0 Å². The molecule has 0 aliphatic heterocycles. The van der Waals surface area contributed by atoms with E-state index in [9.17, 15) is 0 Å². The molecule has 2 N–H and O–H groups in total. The summed E-state index contributed by atoms with van der Waals surface area (Å²) in [4.78, 5) is 1.31.